The molecular formula is C12H24N2O3S. The maximum Gasteiger partial charge on any atom is 0.326 e. The van der Waals surface area contributed by atoms with Crippen molar-refractivity contribution in [3.63, 3.8) is 0 Å². The van der Waals surface area contributed by atoms with Crippen LogP contribution < -0.4 is 11.1 Å². The number of thioether (sulfide) groups is 1. The molecule has 0 rings (SSSR count). The molecule has 6 heteroatoms. The van der Waals surface area contributed by atoms with Crippen LogP contribution in [0.5, 0.6) is 0 Å². The second kappa shape index (κ2) is 9.22. The Kier molecular flexibility index (Phi) is 8.83. The van der Waals surface area contributed by atoms with Crippen LogP contribution in [0, 0.1) is 5.92 Å². The highest BCUT2D eigenvalue weighted by molar-refractivity contribution is 7.99. The third-order valence-corrected chi connectivity index (χ3v) is 3.36. The van der Waals surface area contributed by atoms with E-state index in [1.807, 2.05) is 20.8 Å². The Morgan fingerprint density at radius 1 is 1.39 bits per heavy atom. The smallest absolute Gasteiger partial charge is 0.326 e. The van der Waals surface area contributed by atoms with Gasteiger partial charge in [-0.2, -0.15) is 11.8 Å². The minimum atomic E-state index is -1.00. The van der Waals surface area contributed by atoms with Crippen LogP contribution in [0.1, 0.15) is 33.6 Å². The van der Waals surface area contributed by atoms with Gasteiger partial charge in [-0.1, -0.05) is 20.8 Å². The monoisotopic (exact) mass is 276 g/mol. The van der Waals surface area contributed by atoms with Crippen LogP contribution >= 0.6 is 11.8 Å². The quantitative estimate of drug-likeness (QED) is 0.548. The van der Waals surface area contributed by atoms with Gasteiger partial charge in [0.15, 0.2) is 0 Å². The van der Waals surface area contributed by atoms with Crippen LogP contribution in [-0.2, 0) is 9.59 Å². The van der Waals surface area contributed by atoms with Crippen LogP contribution in [0.4, 0.5) is 0 Å². The van der Waals surface area contributed by atoms with Gasteiger partial charge in [-0.3, -0.25) is 4.79 Å². The number of carboxylic acid groups (broad SMARTS) is 1. The molecule has 0 spiro atoms. The standard InChI is InChI=1S/C12H24N2O3S/c1-4-18-6-5-10(12(16)17)14-11(15)9(13)7-8(2)3/h8-10H,4-7,13H2,1-3H3,(H,14,15)(H,16,17). The van der Waals surface area contributed by atoms with Crippen molar-refractivity contribution in [2.45, 2.75) is 45.7 Å². The van der Waals surface area contributed by atoms with Gasteiger partial charge in [0.2, 0.25) is 5.91 Å². The summed E-state index contributed by atoms with van der Waals surface area (Å²) >= 11 is 1.65. The predicted octanol–water partition coefficient (Wildman–Crippen LogP) is 1.07. The lowest BCUT2D eigenvalue weighted by Crippen LogP contribution is -2.49. The molecule has 0 radical (unpaired) electrons. The highest BCUT2D eigenvalue weighted by Crippen LogP contribution is 2.06. The molecule has 5 nitrogen and oxygen atoms in total. The fourth-order valence-electron chi connectivity index (χ4n) is 1.50. The Morgan fingerprint density at radius 2 is 2.00 bits per heavy atom. The highest BCUT2D eigenvalue weighted by atomic mass is 32.2. The molecule has 18 heavy (non-hydrogen) atoms. The zero-order valence-corrected chi connectivity index (χ0v) is 12.1. The first-order valence-electron chi connectivity index (χ1n) is 6.25. The number of hydrogen-bond acceptors (Lipinski definition) is 4. The number of hydrogen-bond donors (Lipinski definition) is 3. The first-order chi connectivity index (χ1) is 8.38. The lowest BCUT2D eigenvalue weighted by Gasteiger charge is -2.18. The molecule has 0 fully saturated rings. The number of nitrogens with one attached hydrogen (secondary N) is 1. The zero-order chi connectivity index (χ0) is 14.1. The molecule has 0 bridgehead atoms. The topological polar surface area (TPSA) is 92.4 Å². The Bertz CT molecular complexity index is 272. The summed E-state index contributed by atoms with van der Waals surface area (Å²) in [4.78, 5) is 22.7. The van der Waals surface area contributed by atoms with Crippen LogP contribution in [0.25, 0.3) is 0 Å². The number of carboxylic acids is 1. The maximum absolute atomic E-state index is 11.7. The van der Waals surface area contributed by atoms with Gasteiger partial charge in [0, 0.05) is 0 Å². The second-order valence-electron chi connectivity index (χ2n) is 4.62. The fourth-order valence-corrected chi connectivity index (χ4v) is 2.19. The van der Waals surface area contributed by atoms with Crippen molar-refractivity contribution < 1.29 is 14.7 Å². The van der Waals surface area contributed by atoms with E-state index in [1.165, 1.54) is 0 Å². The maximum atomic E-state index is 11.7. The average Bonchev–Trinajstić information content (AvgIpc) is 2.26. The van der Waals surface area contributed by atoms with Gasteiger partial charge in [0.25, 0.3) is 0 Å². The molecule has 0 aromatic rings. The molecular weight excluding hydrogens is 252 g/mol. The van der Waals surface area contributed by atoms with E-state index < -0.39 is 18.1 Å². The summed E-state index contributed by atoms with van der Waals surface area (Å²) in [5, 5.41) is 11.5. The van der Waals surface area contributed by atoms with Crippen molar-refractivity contribution in [1.82, 2.24) is 5.32 Å². The first-order valence-corrected chi connectivity index (χ1v) is 7.40. The number of carbonyl (C=O) groups is 2. The summed E-state index contributed by atoms with van der Waals surface area (Å²) in [6.45, 7) is 5.96. The van der Waals surface area contributed by atoms with Crippen LogP contribution in [0.2, 0.25) is 0 Å². The number of amides is 1. The predicted molar refractivity (Wildman–Crippen MR) is 74.6 cm³/mol. The van der Waals surface area contributed by atoms with E-state index in [4.69, 9.17) is 10.8 Å². The Hall–Kier alpha value is -0.750. The lowest BCUT2D eigenvalue weighted by atomic mass is 10.0. The summed E-state index contributed by atoms with van der Waals surface area (Å²) in [5.41, 5.74) is 5.71. The number of carbonyl (C=O) groups excluding carboxylic acids is 1. The van der Waals surface area contributed by atoms with E-state index in [1.54, 1.807) is 11.8 Å². The third-order valence-electron chi connectivity index (χ3n) is 2.43. The van der Waals surface area contributed by atoms with Gasteiger partial charge in [-0.05, 0) is 30.3 Å². The Balaban J connectivity index is 4.22. The van der Waals surface area contributed by atoms with Gasteiger partial charge in [-0.25, -0.2) is 4.79 Å². The van der Waals surface area contributed by atoms with Crippen LogP contribution in [0.3, 0.4) is 0 Å². The average molecular weight is 276 g/mol. The summed E-state index contributed by atoms with van der Waals surface area (Å²) in [5.74, 6) is 0.583. The van der Waals surface area contributed by atoms with Crippen molar-refractivity contribution in [1.29, 1.82) is 0 Å². The summed E-state index contributed by atoms with van der Waals surface area (Å²) in [7, 11) is 0. The zero-order valence-electron chi connectivity index (χ0n) is 11.3. The molecule has 0 aliphatic rings. The SMILES string of the molecule is CCSCCC(NC(=O)C(N)CC(C)C)C(=O)O. The molecule has 2 unspecified atom stereocenters. The van der Waals surface area contributed by atoms with Crippen LogP contribution in [0.15, 0.2) is 0 Å². The molecule has 0 saturated carbocycles. The first kappa shape index (κ1) is 17.2. The van der Waals surface area contributed by atoms with E-state index in [2.05, 4.69) is 5.32 Å². The van der Waals surface area contributed by atoms with Crippen molar-refractivity contribution in [3.8, 4) is 0 Å². The second-order valence-corrected chi connectivity index (χ2v) is 6.01. The number of nitrogens with two attached hydrogens (primary N) is 1. The van der Waals surface area contributed by atoms with Gasteiger partial charge < -0.3 is 16.2 Å². The lowest BCUT2D eigenvalue weighted by molar-refractivity contribution is -0.142. The summed E-state index contributed by atoms with van der Waals surface area (Å²) in [6, 6.07) is -1.47. The molecule has 1 amide bonds. The Labute approximate surface area is 113 Å². The number of rotatable bonds is 9. The van der Waals surface area contributed by atoms with Crippen molar-refractivity contribution in [3.05, 3.63) is 0 Å². The van der Waals surface area contributed by atoms with Crippen molar-refractivity contribution >= 4 is 23.6 Å². The van der Waals surface area contributed by atoms with E-state index in [0.29, 0.717) is 24.5 Å². The molecule has 0 aliphatic carbocycles. The molecule has 0 saturated heterocycles. The number of aliphatic carboxylic acids is 1. The van der Waals surface area contributed by atoms with Gasteiger partial charge in [-0.15, -0.1) is 0 Å². The summed E-state index contributed by atoms with van der Waals surface area (Å²) in [6.07, 6.45) is 0.982. The highest BCUT2D eigenvalue weighted by Gasteiger charge is 2.23. The van der Waals surface area contributed by atoms with E-state index in [0.717, 1.165) is 5.75 Å². The molecule has 106 valence electrons. The Morgan fingerprint density at radius 3 is 2.44 bits per heavy atom. The van der Waals surface area contributed by atoms with Gasteiger partial charge >= 0.3 is 5.97 Å². The third kappa shape index (κ3) is 7.55. The summed E-state index contributed by atoms with van der Waals surface area (Å²) < 4.78 is 0. The van der Waals surface area contributed by atoms with Crippen molar-refractivity contribution in [2.24, 2.45) is 11.7 Å². The minimum absolute atomic E-state index is 0.310. The molecule has 2 atom stereocenters. The molecule has 0 aliphatic heterocycles. The largest absolute Gasteiger partial charge is 0.480 e. The molecule has 0 aromatic heterocycles. The fraction of sp³-hybridized carbons (Fsp3) is 0.833. The van der Waals surface area contributed by atoms with Crippen molar-refractivity contribution in [2.75, 3.05) is 11.5 Å². The van der Waals surface area contributed by atoms with E-state index in [-0.39, 0.29) is 5.91 Å². The minimum Gasteiger partial charge on any atom is -0.480 e. The van der Waals surface area contributed by atoms with Gasteiger partial charge in [0.05, 0.1) is 6.04 Å². The normalized spacial score (nSPS) is 14.3. The van der Waals surface area contributed by atoms with E-state index >= 15 is 0 Å². The molecule has 4 N–H and O–H groups in total. The van der Waals surface area contributed by atoms with Gasteiger partial charge in [0.1, 0.15) is 6.04 Å². The van der Waals surface area contributed by atoms with Crippen LogP contribution in [-0.4, -0.2) is 40.6 Å². The van der Waals surface area contributed by atoms with E-state index in [9.17, 15) is 9.59 Å². The molecule has 0 aromatic carbocycles. The molecule has 0 heterocycles.